The van der Waals surface area contributed by atoms with Gasteiger partial charge in [0.2, 0.25) is 0 Å². The van der Waals surface area contributed by atoms with Crippen LogP contribution in [-0.4, -0.2) is 6.71 Å². The fourth-order valence-corrected chi connectivity index (χ4v) is 13.7. The summed E-state index contributed by atoms with van der Waals surface area (Å²) in [6.07, 6.45) is 0. The second kappa shape index (κ2) is 18.0. The number of hydrogen-bond donors (Lipinski definition) is 0. The van der Waals surface area contributed by atoms with Crippen LogP contribution in [0.5, 0.6) is 0 Å². The molecule has 5 heteroatoms. The molecule has 0 unspecified atom stereocenters. The van der Waals surface area contributed by atoms with E-state index in [4.69, 9.17) is 0 Å². The third kappa shape index (κ3) is 7.70. The molecule has 0 N–H and O–H groups in total. The Kier molecular flexibility index (Phi) is 11.0. The van der Waals surface area contributed by atoms with Gasteiger partial charge in [-0.3, -0.25) is 0 Å². The zero-order valence-corrected chi connectivity index (χ0v) is 45.2. The molecule has 3 heterocycles. The van der Waals surface area contributed by atoms with Gasteiger partial charge in [-0.15, -0.1) is 11.3 Å². The maximum absolute atomic E-state index is 2.63. The third-order valence-corrected chi connectivity index (χ3v) is 17.3. The van der Waals surface area contributed by atoms with Crippen LogP contribution in [-0.2, 0) is 10.8 Å². The highest BCUT2D eigenvalue weighted by atomic mass is 32.1. The Labute approximate surface area is 457 Å². The maximum atomic E-state index is 2.63. The lowest BCUT2D eigenvalue weighted by Crippen LogP contribution is -2.60. The van der Waals surface area contributed by atoms with Gasteiger partial charge in [-0.1, -0.05) is 199 Å². The lowest BCUT2D eigenvalue weighted by molar-refractivity contribution is 0.590. The molecular formula is C72H58BN3S. The number of nitrogens with zero attached hydrogens (tertiary/aromatic N) is 3. The summed E-state index contributed by atoms with van der Waals surface area (Å²) in [7, 11) is 0. The normalized spacial score (nSPS) is 13.0. The summed E-state index contributed by atoms with van der Waals surface area (Å²) in [5.41, 5.74) is 20.4. The molecule has 11 aromatic carbocycles. The van der Waals surface area contributed by atoms with Gasteiger partial charge in [0, 0.05) is 60.4 Å². The molecule has 0 fully saturated rings. The number of hydrogen-bond acceptors (Lipinski definition) is 4. The predicted molar refractivity (Wildman–Crippen MR) is 334 cm³/mol. The molecule has 1 aromatic heterocycles. The van der Waals surface area contributed by atoms with Gasteiger partial charge in [-0.2, -0.15) is 0 Å². The first-order chi connectivity index (χ1) is 37.5. The minimum Gasteiger partial charge on any atom is -0.311 e. The summed E-state index contributed by atoms with van der Waals surface area (Å²) < 4.78 is 2.67. The van der Waals surface area contributed by atoms with Crippen LogP contribution in [0, 0.1) is 0 Å². The fourth-order valence-electron chi connectivity index (χ4n) is 12.4. The Morgan fingerprint density at radius 3 is 1.48 bits per heavy atom. The van der Waals surface area contributed by atoms with E-state index in [0.29, 0.717) is 0 Å². The number of benzene rings is 11. The number of rotatable bonds is 7. The molecule has 0 saturated heterocycles. The van der Waals surface area contributed by atoms with Crippen LogP contribution < -0.4 is 30.4 Å². The van der Waals surface area contributed by atoms with E-state index in [9.17, 15) is 0 Å². The van der Waals surface area contributed by atoms with Gasteiger partial charge in [0.25, 0.3) is 6.71 Å². The van der Waals surface area contributed by atoms with Crippen molar-refractivity contribution in [3.8, 4) is 22.3 Å². The Morgan fingerprint density at radius 2 is 0.896 bits per heavy atom. The average molecular weight is 1010 g/mol. The number of anilines is 9. The van der Waals surface area contributed by atoms with Gasteiger partial charge >= 0.3 is 0 Å². The van der Waals surface area contributed by atoms with E-state index in [1.807, 2.05) is 11.3 Å². The summed E-state index contributed by atoms with van der Waals surface area (Å²) in [6.45, 7) is 14.0. The zero-order chi connectivity index (χ0) is 52.2. The van der Waals surface area contributed by atoms with Crippen molar-refractivity contribution in [1.29, 1.82) is 0 Å². The Morgan fingerprint density at radius 1 is 0.377 bits per heavy atom. The molecule has 0 spiro atoms. The summed E-state index contributed by atoms with van der Waals surface area (Å²) in [4.78, 5) is 7.65. The monoisotopic (exact) mass is 1010 g/mol. The van der Waals surface area contributed by atoms with Gasteiger partial charge in [-0.05, 0) is 162 Å². The lowest BCUT2D eigenvalue weighted by atomic mass is 9.36. The van der Waals surface area contributed by atoms with Crippen LogP contribution >= 0.6 is 11.3 Å². The van der Waals surface area contributed by atoms with Crippen LogP contribution in [0.1, 0.15) is 52.7 Å². The Hall–Kier alpha value is -8.64. The van der Waals surface area contributed by atoms with Crippen LogP contribution in [0.25, 0.3) is 53.9 Å². The van der Waals surface area contributed by atoms with Crippen molar-refractivity contribution >= 4 is 117 Å². The SMILES string of the molecule is CC(C)(C)c1cc2c3c(c1)N(c1ccccc1)c1c(sc4ccc(C(C)(C)C)cc14)B3c1ccc(N(c3ccccc3)c3ccccc3)cc1N2c1ccc2c(-c3ccccc3)c3ccccc3c(-c3ccccc3)c2c1. The second-order valence-corrected chi connectivity index (χ2v) is 24.0. The molecule has 0 radical (unpaired) electrons. The van der Waals surface area contributed by atoms with Crippen molar-refractivity contribution in [3.05, 3.63) is 254 Å². The minimum atomic E-state index is -0.182. The second-order valence-electron chi connectivity index (χ2n) is 22.9. The van der Waals surface area contributed by atoms with Crippen molar-refractivity contribution < 1.29 is 0 Å². The molecule has 12 aromatic rings. The highest BCUT2D eigenvalue weighted by Crippen LogP contribution is 2.52. The predicted octanol–water partition coefficient (Wildman–Crippen LogP) is 18.7. The molecule has 2 aliphatic heterocycles. The molecule has 14 rings (SSSR count). The van der Waals surface area contributed by atoms with Crippen LogP contribution in [0.4, 0.5) is 51.2 Å². The number of fused-ring (bicyclic) bond motifs is 8. The molecule has 2 aliphatic rings. The van der Waals surface area contributed by atoms with Crippen LogP contribution in [0.15, 0.2) is 243 Å². The quantitative estimate of drug-likeness (QED) is 0.116. The first-order valence-electron chi connectivity index (χ1n) is 27.0. The minimum absolute atomic E-state index is 0.0220. The Bertz CT molecular complexity index is 4200. The molecule has 3 nitrogen and oxygen atoms in total. The largest absolute Gasteiger partial charge is 0.311 e. The standard InChI is InChI=1S/C72H58BN3S/c1-71(2,3)49-36-41-65-60(42-49)69-70(77-65)73-61-40-38-55(74(51-28-16-9-17-29-51)52-30-18-10-19-31-52)46-62(61)75(63-43-50(72(4,5)6)44-64(68(63)73)76(69)53-32-20-11-21-33-53)54-37-39-58-59(45-54)67(48-26-14-8-15-27-48)57-35-23-22-34-56(57)66(58)47-24-12-7-13-25-47/h7-46H,1-6H3. The van der Waals surface area contributed by atoms with E-state index in [1.54, 1.807) is 0 Å². The molecule has 0 amide bonds. The van der Waals surface area contributed by atoms with E-state index in [1.165, 1.54) is 103 Å². The van der Waals surface area contributed by atoms with Crippen molar-refractivity contribution in [1.82, 2.24) is 0 Å². The number of para-hydroxylation sites is 3. The maximum Gasteiger partial charge on any atom is 0.264 e. The molecule has 0 saturated carbocycles. The van der Waals surface area contributed by atoms with Gasteiger partial charge in [0.1, 0.15) is 0 Å². The van der Waals surface area contributed by atoms with Crippen LogP contribution in [0.2, 0.25) is 0 Å². The zero-order valence-electron chi connectivity index (χ0n) is 44.4. The van der Waals surface area contributed by atoms with Gasteiger partial charge in [-0.25, -0.2) is 0 Å². The molecule has 0 bridgehead atoms. The first kappa shape index (κ1) is 46.9. The van der Waals surface area contributed by atoms with E-state index < -0.39 is 0 Å². The summed E-state index contributed by atoms with van der Waals surface area (Å²) >= 11 is 1.96. The molecule has 0 aliphatic carbocycles. The van der Waals surface area contributed by atoms with Gasteiger partial charge < -0.3 is 14.7 Å². The summed E-state index contributed by atoms with van der Waals surface area (Å²) in [6, 6.07) is 90.7. The lowest BCUT2D eigenvalue weighted by Gasteiger charge is -2.44. The van der Waals surface area contributed by atoms with Gasteiger partial charge in [0.15, 0.2) is 0 Å². The smallest absolute Gasteiger partial charge is 0.264 e. The first-order valence-corrected chi connectivity index (χ1v) is 27.9. The van der Waals surface area contributed by atoms with E-state index in [-0.39, 0.29) is 17.5 Å². The van der Waals surface area contributed by atoms with Gasteiger partial charge in [0.05, 0.1) is 5.69 Å². The summed E-state index contributed by atoms with van der Waals surface area (Å²) in [5, 5.41) is 6.24. The van der Waals surface area contributed by atoms with Crippen molar-refractivity contribution in [2.45, 2.75) is 52.4 Å². The van der Waals surface area contributed by atoms with Crippen molar-refractivity contribution in [2.24, 2.45) is 0 Å². The van der Waals surface area contributed by atoms with Crippen molar-refractivity contribution in [2.75, 3.05) is 14.7 Å². The fraction of sp³-hybridized carbons (Fsp3) is 0.111. The molecular weight excluding hydrogens is 950 g/mol. The Balaban J connectivity index is 1.12. The highest BCUT2D eigenvalue weighted by Gasteiger charge is 2.46. The average Bonchev–Trinajstić information content (AvgIpc) is 4.05. The van der Waals surface area contributed by atoms with E-state index in [2.05, 4.69) is 299 Å². The molecule has 77 heavy (non-hydrogen) atoms. The van der Waals surface area contributed by atoms with E-state index >= 15 is 0 Å². The van der Waals surface area contributed by atoms with E-state index in [0.717, 1.165) is 28.4 Å². The number of thiophene rings is 1. The van der Waals surface area contributed by atoms with Crippen molar-refractivity contribution in [3.63, 3.8) is 0 Å². The molecule has 0 atom stereocenters. The summed E-state index contributed by atoms with van der Waals surface area (Å²) in [5.74, 6) is 0. The highest BCUT2D eigenvalue weighted by molar-refractivity contribution is 7.33. The topological polar surface area (TPSA) is 9.72 Å². The third-order valence-electron chi connectivity index (χ3n) is 16.1. The van der Waals surface area contributed by atoms with Crippen LogP contribution in [0.3, 0.4) is 0 Å². The molecule has 370 valence electrons.